The molecule has 0 amide bonds. The second kappa shape index (κ2) is 5.61. The highest BCUT2D eigenvalue weighted by Crippen LogP contribution is 2.29. The molecule has 0 aromatic heterocycles. The summed E-state index contributed by atoms with van der Waals surface area (Å²) < 4.78 is 5.35. The van der Waals surface area contributed by atoms with E-state index in [0.717, 1.165) is 24.9 Å². The number of rotatable bonds is 6. The van der Waals surface area contributed by atoms with E-state index in [0.29, 0.717) is 0 Å². The number of methoxy groups -OCH3 is 1. The molecular formula is C15H24N2O. The number of hydrogen-bond donors (Lipinski definition) is 1. The molecule has 1 aliphatic rings. The van der Waals surface area contributed by atoms with Gasteiger partial charge in [0, 0.05) is 31.9 Å². The average molecular weight is 248 g/mol. The van der Waals surface area contributed by atoms with Crippen molar-refractivity contribution < 1.29 is 4.74 Å². The molecular weight excluding hydrogens is 224 g/mol. The maximum absolute atomic E-state index is 5.35. The van der Waals surface area contributed by atoms with E-state index in [2.05, 4.69) is 43.2 Å². The third-order valence-corrected chi connectivity index (χ3v) is 3.80. The summed E-state index contributed by atoms with van der Waals surface area (Å²) in [6.07, 6.45) is 2.70. The topological polar surface area (TPSA) is 24.5 Å². The van der Waals surface area contributed by atoms with Crippen molar-refractivity contribution in [1.82, 2.24) is 5.32 Å². The number of nitrogens with zero attached hydrogens (tertiary/aromatic N) is 1. The highest BCUT2D eigenvalue weighted by molar-refractivity contribution is 5.59. The van der Waals surface area contributed by atoms with Gasteiger partial charge < -0.3 is 15.0 Å². The molecule has 1 saturated carbocycles. The van der Waals surface area contributed by atoms with Gasteiger partial charge in [-0.15, -0.1) is 0 Å². The van der Waals surface area contributed by atoms with Crippen LogP contribution < -0.4 is 15.0 Å². The van der Waals surface area contributed by atoms with Crippen molar-refractivity contribution in [3.8, 4) is 5.75 Å². The third kappa shape index (κ3) is 2.96. The van der Waals surface area contributed by atoms with E-state index in [1.165, 1.54) is 29.7 Å². The zero-order chi connectivity index (χ0) is 13.1. The summed E-state index contributed by atoms with van der Waals surface area (Å²) in [5.74, 6) is 0.973. The summed E-state index contributed by atoms with van der Waals surface area (Å²) in [6, 6.07) is 5.00. The molecule has 1 aliphatic carbocycles. The monoisotopic (exact) mass is 248 g/mol. The molecule has 3 nitrogen and oxygen atoms in total. The van der Waals surface area contributed by atoms with Gasteiger partial charge in [0.2, 0.25) is 0 Å². The maximum atomic E-state index is 5.35. The molecule has 0 atom stereocenters. The van der Waals surface area contributed by atoms with Crippen LogP contribution in [0.1, 0.15) is 24.0 Å². The van der Waals surface area contributed by atoms with Gasteiger partial charge in [-0.05, 0) is 49.9 Å². The molecule has 2 rings (SSSR count). The first-order valence-corrected chi connectivity index (χ1v) is 6.72. The Labute approximate surface area is 110 Å². The highest BCUT2D eigenvalue weighted by Gasteiger charge is 2.20. The molecule has 1 N–H and O–H groups in total. The Morgan fingerprint density at radius 1 is 1.28 bits per heavy atom. The fourth-order valence-corrected chi connectivity index (χ4v) is 2.26. The highest BCUT2D eigenvalue weighted by atomic mass is 16.5. The molecule has 1 aromatic rings. The summed E-state index contributed by atoms with van der Waals surface area (Å²) in [6.45, 7) is 6.39. The minimum Gasteiger partial charge on any atom is -0.496 e. The van der Waals surface area contributed by atoms with E-state index >= 15 is 0 Å². The Balaban J connectivity index is 1.99. The Bertz CT molecular complexity index is 413. The number of benzene rings is 1. The van der Waals surface area contributed by atoms with Crippen LogP contribution in [0.25, 0.3) is 0 Å². The van der Waals surface area contributed by atoms with Crippen LogP contribution in [0.2, 0.25) is 0 Å². The van der Waals surface area contributed by atoms with Gasteiger partial charge in [-0.3, -0.25) is 0 Å². The fraction of sp³-hybridized carbons (Fsp3) is 0.600. The van der Waals surface area contributed by atoms with Gasteiger partial charge in [0.05, 0.1) is 7.11 Å². The summed E-state index contributed by atoms with van der Waals surface area (Å²) in [4.78, 5) is 2.32. The van der Waals surface area contributed by atoms with Crippen LogP contribution in [0.15, 0.2) is 12.1 Å². The molecule has 0 spiro atoms. The van der Waals surface area contributed by atoms with Gasteiger partial charge in [-0.2, -0.15) is 0 Å². The Morgan fingerprint density at radius 3 is 2.61 bits per heavy atom. The fourth-order valence-electron chi connectivity index (χ4n) is 2.26. The number of anilines is 1. The number of ether oxygens (including phenoxy) is 1. The van der Waals surface area contributed by atoms with Crippen LogP contribution in [0.3, 0.4) is 0 Å². The molecule has 3 heteroatoms. The Kier molecular flexibility index (Phi) is 4.12. The lowest BCUT2D eigenvalue weighted by molar-refractivity contribution is 0.411. The average Bonchev–Trinajstić information content (AvgIpc) is 3.16. The van der Waals surface area contributed by atoms with Crippen LogP contribution in [0.5, 0.6) is 5.75 Å². The normalized spacial score (nSPS) is 14.7. The summed E-state index contributed by atoms with van der Waals surface area (Å²) in [5.41, 5.74) is 3.84. The Morgan fingerprint density at radius 2 is 2.00 bits per heavy atom. The second-order valence-corrected chi connectivity index (χ2v) is 5.19. The molecule has 0 radical (unpaired) electrons. The van der Waals surface area contributed by atoms with Crippen LogP contribution in [0, 0.1) is 13.8 Å². The molecule has 0 bridgehead atoms. The Hall–Kier alpha value is -1.22. The van der Waals surface area contributed by atoms with Gasteiger partial charge in [-0.1, -0.05) is 0 Å². The first-order valence-electron chi connectivity index (χ1n) is 6.72. The van der Waals surface area contributed by atoms with Crippen LogP contribution in [-0.4, -0.2) is 33.3 Å². The van der Waals surface area contributed by atoms with Crippen LogP contribution in [-0.2, 0) is 0 Å². The van der Waals surface area contributed by atoms with E-state index in [1.54, 1.807) is 7.11 Å². The lowest BCUT2D eigenvalue weighted by Gasteiger charge is -2.23. The summed E-state index contributed by atoms with van der Waals surface area (Å²) in [7, 11) is 3.88. The first-order chi connectivity index (χ1) is 8.63. The van der Waals surface area contributed by atoms with E-state index in [4.69, 9.17) is 4.74 Å². The van der Waals surface area contributed by atoms with Gasteiger partial charge in [0.15, 0.2) is 0 Å². The zero-order valence-corrected chi connectivity index (χ0v) is 11.9. The van der Waals surface area contributed by atoms with Crippen molar-refractivity contribution >= 4 is 5.69 Å². The second-order valence-electron chi connectivity index (χ2n) is 5.19. The minimum atomic E-state index is 0.789. The predicted octanol–water partition coefficient (Wildman–Crippen LogP) is 2.50. The maximum Gasteiger partial charge on any atom is 0.122 e. The number of likely N-dealkylation sites (N-methyl/N-ethyl adjacent to an activating group) is 1. The first kappa shape index (κ1) is 13.2. The standard InChI is InChI=1S/C15H24N2O/c1-11-12(2)15(18-4)8-7-14(11)17(3)10-9-16-13-5-6-13/h7-8,13,16H,5-6,9-10H2,1-4H3. The SMILES string of the molecule is COc1ccc(N(C)CCNC2CC2)c(C)c1C. The van der Waals surface area contributed by atoms with Gasteiger partial charge in [0.25, 0.3) is 0 Å². The van der Waals surface area contributed by atoms with E-state index in [1.807, 2.05) is 0 Å². The van der Waals surface area contributed by atoms with Crippen LogP contribution in [0.4, 0.5) is 5.69 Å². The molecule has 0 unspecified atom stereocenters. The summed E-state index contributed by atoms with van der Waals surface area (Å²) >= 11 is 0. The molecule has 1 aromatic carbocycles. The van der Waals surface area contributed by atoms with Crippen molar-refractivity contribution in [2.24, 2.45) is 0 Å². The van der Waals surface area contributed by atoms with E-state index in [-0.39, 0.29) is 0 Å². The predicted molar refractivity (Wildman–Crippen MR) is 76.8 cm³/mol. The van der Waals surface area contributed by atoms with Crippen molar-refractivity contribution in [2.45, 2.75) is 32.7 Å². The van der Waals surface area contributed by atoms with Gasteiger partial charge in [-0.25, -0.2) is 0 Å². The molecule has 0 saturated heterocycles. The van der Waals surface area contributed by atoms with Gasteiger partial charge in [0.1, 0.15) is 5.75 Å². The molecule has 0 heterocycles. The molecule has 1 fully saturated rings. The lowest BCUT2D eigenvalue weighted by atomic mass is 10.1. The van der Waals surface area contributed by atoms with Crippen molar-refractivity contribution in [1.29, 1.82) is 0 Å². The van der Waals surface area contributed by atoms with Crippen molar-refractivity contribution in [2.75, 3.05) is 32.1 Å². The van der Waals surface area contributed by atoms with Crippen LogP contribution >= 0.6 is 0 Å². The van der Waals surface area contributed by atoms with Crippen molar-refractivity contribution in [3.05, 3.63) is 23.3 Å². The third-order valence-electron chi connectivity index (χ3n) is 3.80. The van der Waals surface area contributed by atoms with E-state index in [9.17, 15) is 0 Å². The molecule has 18 heavy (non-hydrogen) atoms. The largest absolute Gasteiger partial charge is 0.496 e. The summed E-state index contributed by atoms with van der Waals surface area (Å²) in [5, 5.41) is 3.55. The molecule has 0 aliphatic heterocycles. The number of nitrogens with one attached hydrogen (secondary N) is 1. The lowest BCUT2D eigenvalue weighted by Crippen LogP contribution is -2.30. The molecule has 100 valence electrons. The smallest absolute Gasteiger partial charge is 0.122 e. The zero-order valence-electron chi connectivity index (χ0n) is 11.9. The quantitative estimate of drug-likeness (QED) is 0.837. The van der Waals surface area contributed by atoms with Crippen molar-refractivity contribution in [3.63, 3.8) is 0 Å². The minimum absolute atomic E-state index is 0.789. The van der Waals surface area contributed by atoms with E-state index < -0.39 is 0 Å². The number of hydrogen-bond acceptors (Lipinski definition) is 3. The van der Waals surface area contributed by atoms with Gasteiger partial charge >= 0.3 is 0 Å².